The molecule has 0 atom stereocenters. The van der Waals surface area contributed by atoms with Crippen molar-refractivity contribution in [2.24, 2.45) is 0 Å². The zero-order valence-corrected chi connectivity index (χ0v) is 67.5. The third-order valence-corrected chi connectivity index (χ3v) is 29.3. The van der Waals surface area contributed by atoms with Crippen LogP contribution in [-0.4, -0.2) is 28.3 Å². The number of fused-ring (bicyclic) bond motifs is 34. The van der Waals surface area contributed by atoms with Crippen LogP contribution in [0.2, 0.25) is 0 Å². The molecule has 0 radical (unpaired) electrons. The number of aromatic nitrogens is 2. The Morgan fingerprint density at radius 2 is 0.500 bits per heavy atom. The van der Waals surface area contributed by atoms with Crippen LogP contribution in [0.15, 0.2) is 381 Å². The van der Waals surface area contributed by atoms with Crippen molar-refractivity contribution < 1.29 is 9.31 Å². The number of thiazole rings is 2. The molecule has 7 aliphatic rings. The number of hydrogen-bond donors (Lipinski definition) is 0. The molecule has 1 saturated heterocycles. The van der Waals surface area contributed by atoms with Gasteiger partial charge < -0.3 is 9.31 Å². The van der Waals surface area contributed by atoms with Crippen LogP contribution in [0.4, 0.5) is 0 Å². The molecular weight excluding hydrogens is 1510 g/mol. The molecule has 550 valence electrons. The molecule has 16 aromatic carbocycles. The second-order valence-electron chi connectivity index (χ2n) is 32.6. The van der Waals surface area contributed by atoms with Gasteiger partial charge in [0.05, 0.1) is 53.3 Å². The van der Waals surface area contributed by atoms with E-state index in [2.05, 4.69) is 394 Å². The van der Waals surface area contributed by atoms with Crippen molar-refractivity contribution in [3.63, 3.8) is 0 Å². The van der Waals surface area contributed by atoms with Crippen LogP contribution in [0, 0.1) is 0 Å². The molecule has 1 aliphatic heterocycles. The van der Waals surface area contributed by atoms with E-state index in [0.717, 1.165) is 36.5 Å². The third-order valence-electron chi connectivity index (χ3n) is 26.6. The van der Waals surface area contributed by atoms with Gasteiger partial charge in [-0.3, -0.25) is 0 Å². The van der Waals surface area contributed by atoms with E-state index in [9.17, 15) is 0 Å². The smallest absolute Gasteiger partial charge is 0.399 e. The topological polar surface area (TPSA) is 44.2 Å². The van der Waals surface area contributed by atoms with Crippen molar-refractivity contribution in [2.75, 3.05) is 0 Å². The standard InChI is InChI=1S/C51H31NS.C44H35BO2.C13H8BrNS/c1-5-19-39-35(14-1)36-15-2-6-20-40(36)50(39)43-23-9-10-24-44(43)51(41-21-7-3-16-37(41)38-17-4-8-22-42(38)51)48-34(18-13-25-45(48)50)32-28-30-33(31-29-32)49-52-46-26-11-12-27-47(46)53-49;1-41(2)42(3,4)47-45(46-41)39-27-15-26-38-40(39)44(34-22-11-7-18-30(34)31-19-8-12-23-35(31)44)37-25-14-13-24-36(37)43(38)32-20-9-5-16-28(32)29-17-6-10-21-33(29)43;14-10-7-5-9(6-8-10)13-15-11-3-1-2-4-12(11)16-13/h1-31H;5-27H,1-4H3;1-8H. The Kier molecular flexibility index (Phi) is 15.5. The lowest BCUT2D eigenvalue weighted by molar-refractivity contribution is 0.00578. The molecule has 0 saturated carbocycles. The summed E-state index contributed by atoms with van der Waals surface area (Å²) < 4.78 is 17.4. The zero-order chi connectivity index (χ0) is 77.4. The van der Waals surface area contributed by atoms with Crippen molar-refractivity contribution in [3.05, 3.63) is 470 Å². The van der Waals surface area contributed by atoms with Gasteiger partial charge in [-0.2, -0.15) is 0 Å². The van der Waals surface area contributed by atoms with Crippen molar-refractivity contribution in [3.8, 4) is 76.8 Å². The molecule has 2 aromatic heterocycles. The summed E-state index contributed by atoms with van der Waals surface area (Å²) in [6, 6.07) is 139. The molecule has 8 heteroatoms. The van der Waals surface area contributed by atoms with Gasteiger partial charge >= 0.3 is 7.12 Å². The summed E-state index contributed by atoms with van der Waals surface area (Å²) in [7, 11) is -0.527. The maximum atomic E-state index is 6.95. The molecule has 18 aromatic rings. The Balaban J connectivity index is 0.000000115. The summed E-state index contributed by atoms with van der Waals surface area (Å²) in [6.07, 6.45) is 0. The highest BCUT2D eigenvalue weighted by Crippen LogP contribution is 2.71. The van der Waals surface area contributed by atoms with Crippen LogP contribution in [0.3, 0.4) is 0 Å². The van der Waals surface area contributed by atoms with Gasteiger partial charge in [0.15, 0.2) is 0 Å². The number of benzene rings is 16. The first-order chi connectivity index (χ1) is 56.9. The molecule has 4 nitrogen and oxygen atoms in total. The van der Waals surface area contributed by atoms with Crippen LogP contribution in [0.5, 0.6) is 0 Å². The minimum Gasteiger partial charge on any atom is -0.399 e. The Morgan fingerprint density at radius 1 is 0.241 bits per heavy atom. The lowest BCUT2D eigenvalue weighted by Gasteiger charge is -2.49. The monoisotopic (exact) mass is 1580 g/mol. The van der Waals surface area contributed by atoms with Gasteiger partial charge in [-0.15, -0.1) is 22.7 Å². The summed E-state index contributed by atoms with van der Waals surface area (Å²) in [6.45, 7) is 8.61. The molecule has 0 N–H and O–H groups in total. The first-order valence-corrected chi connectivity index (χ1v) is 42.6. The summed E-state index contributed by atoms with van der Waals surface area (Å²) in [5.74, 6) is 0. The molecule has 1 fully saturated rings. The van der Waals surface area contributed by atoms with Crippen LogP contribution in [0.1, 0.15) is 117 Å². The maximum absolute atomic E-state index is 6.95. The quantitative estimate of drug-likeness (QED) is 0.165. The summed E-state index contributed by atoms with van der Waals surface area (Å²) in [5.41, 5.74) is 36.8. The van der Waals surface area contributed by atoms with Gasteiger partial charge in [0.25, 0.3) is 0 Å². The van der Waals surface area contributed by atoms with Gasteiger partial charge in [-0.1, -0.05) is 356 Å². The molecule has 6 aliphatic carbocycles. The van der Waals surface area contributed by atoms with Crippen molar-refractivity contribution in [1.29, 1.82) is 0 Å². The van der Waals surface area contributed by atoms with Crippen molar-refractivity contribution >= 4 is 71.6 Å². The number of halogens is 1. The van der Waals surface area contributed by atoms with Crippen LogP contribution >= 0.6 is 38.6 Å². The van der Waals surface area contributed by atoms with Gasteiger partial charge in [0.2, 0.25) is 0 Å². The minimum absolute atomic E-state index is 0.476. The van der Waals surface area contributed by atoms with Gasteiger partial charge in [0.1, 0.15) is 10.0 Å². The second kappa shape index (κ2) is 25.9. The van der Waals surface area contributed by atoms with E-state index in [1.165, 1.54) is 160 Å². The highest BCUT2D eigenvalue weighted by atomic mass is 79.9. The lowest BCUT2D eigenvalue weighted by atomic mass is 9.49. The Hall–Kier alpha value is -12.2. The van der Waals surface area contributed by atoms with E-state index in [0.29, 0.717) is 0 Å². The predicted molar refractivity (Wildman–Crippen MR) is 482 cm³/mol. The fourth-order valence-corrected chi connectivity index (χ4v) is 23.6. The molecule has 0 bridgehead atoms. The van der Waals surface area contributed by atoms with E-state index in [-0.39, 0.29) is 0 Å². The normalized spacial score (nSPS) is 16.0. The van der Waals surface area contributed by atoms with E-state index < -0.39 is 40.0 Å². The summed E-state index contributed by atoms with van der Waals surface area (Å²) >= 11 is 6.92. The highest BCUT2D eigenvalue weighted by Gasteiger charge is 2.64. The zero-order valence-electron chi connectivity index (χ0n) is 64.3. The van der Waals surface area contributed by atoms with E-state index in [4.69, 9.17) is 14.3 Å². The predicted octanol–water partition coefficient (Wildman–Crippen LogP) is 26.4. The van der Waals surface area contributed by atoms with E-state index in [1.54, 1.807) is 22.7 Å². The number of nitrogens with zero attached hydrogens (tertiary/aromatic N) is 2. The molecule has 0 amide bonds. The fraction of sp³-hybridized carbons (Fsp3) is 0.0926. The first-order valence-electron chi connectivity index (χ1n) is 40.1. The third kappa shape index (κ3) is 9.44. The van der Waals surface area contributed by atoms with Crippen LogP contribution in [0.25, 0.3) is 97.2 Å². The minimum atomic E-state index is -0.572. The van der Waals surface area contributed by atoms with Crippen molar-refractivity contribution in [2.45, 2.75) is 60.6 Å². The average Bonchev–Trinajstić information content (AvgIpc) is 1.52. The Morgan fingerprint density at radius 3 is 0.862 bits per heavy atom. The van der Waals surface area contributed by atoms with Gasteiger partial charge in [0, 0.05) is 15.6 Å². The highest BCUT2D eigenvalue weighted by molar-refractivity contribution is 9.10. The SMILES string of the molecule is Brc1ccc(-c2nc3ccccc3s2)cc1.CC1(C)OB(c2cccc3c2C2(c4ccccc4-c4ccccc42)c2ccccc2C32c3ccccc3-c3ccccc32)OC1(C)C.c1ccc2c(c1)-c1ccccc1C21c2ccccc2C2(c3ccccc3-c3ccccc32)c2c(-c3ccc(-c4nc5ccccc5s4)cc3)cccc21. The van der Waals surface area contributed by atoms with E-state index >= 15 is 0 Å². The fourth-order valence-electron chi connectivity index (χ4n) is 21.4. The molecule has 4 spiro atoms. The Bertz CT molecular complexity index is 6850. The van der Waals surface area contributed by atoms with Gasteiger partial charge in [-0.05, 0) is 214 Å². The average molecular weight is 1590 g/mol. The maximum Gasteiger partial charge on any atom is 0.495 e. The summed E-state index contributed by atoms with van der Waals surface area (Å²) in [4.78, 5) is 9.61. The van der Waals surface area contributed by atoms with Crippen molar-refractivity contribution in [1.82, 2.24) is 9.97 Å². The largest absolute Gasteiger partial charge is 0.495 e. The molecule has 25 rings (SSSR count). The molecule has 3 heterocycles. The molecule has 0 unspecified atom stereocenters. The van der Waals surface area contributed by atoms with Gasteiger partial charge in [-0.25, -0.2) is 9.97 Å². The van der Waals surface area contributed by atoms with Crippen LogP contribution in [-0.2, 0) is 31.0 Å². The number of para-hydroxylation sites is 2. The first kappa shape index (κ1) is 69.3. The summed E-state index contributed by atoms with van der Waals surface area (Å²) in [5, 5.41) is 2.13. The van der Waals surface area contributed by atoms with Crippen LogP contribution < -0.4 is 5.46 Å². The second-order valence-corrected chi connectivity index (χ2v) is 35.6. The number of rotatable bonds is 4. The molecular formula is C108H74BBrN2O2S2. The van der Waals surface area contributed by atoms with E-state index in [1.807, 2.05) is 30.3 Å². The number of hydrogen-bond acceptors (Lipinski definition) is 6. The lowest BCUT2D eigenvalue weighted by Crippen LogP contribution is -2.50. The molecule has 116 heavy (non-hydrogen) atoms. The Labute approximate surface area is 692 Å².